The summed E-state index contributed by atoms with van der Waals surface area (Å²) in [7, 11) is 0. The number of rotatable bonds is 5. The maximum Gasteiger partial charge on any atom is 0.410 e. The van der Waals surface area contributed by atoms with Gasteiger partial charge in [-0.1, -0.05) is 13.8 Å². The molecule has 0 aliphatic heterocycles. The van der Waals surface area contributed by atoms with E-state index in [0.29, 0.717) is 19.0 Å². The molecule has 0 atom stereocenters. The average molecular weight is 403 g/mol. The van der Waals surface area contributed by atoms with E-state index in [1.807, 2.05) is 61.5 Å². The SMILES string of the molecule is CC.Cc1cc(Br)cnc1OCCN(C(=O)OC(C)(C)C)C(C)C. The number of amides is 1. The molecule has 1 aromatic rings. The summed E-state index contributed by atoms with van der Waals surface area (Å²) in [6, 6.07) is 1.98. The number of halogens is 1. The smallest absolute Gasteiger partial charge is 0.410 e. The van der Waals surface area contributed by atoms with Crippen molar-refractivity contribution in [1.29, 1.82) is 0 Å². The Morgan fingerprint density at radius 2 is 1.92 bits per heavy atom. The second-order valence-electron chi connectivity index (χ2n) is 6.39. The van der Waals surface area contributed by atoms with Gasteiger partial charge in [0.05, 0.1) is 6.54 Å². The van der Waals surface area contributed by atoms with E-state index in [4.69, 9.17) is 9.47 Å². The third-order valence-corrected chi connectivity index (χ3v) is 3.25. The largest absolute Gasteiger partial charge is 0.476 e. The van der Waals surface area contributed by atoms with E-state index in [1.54, 1.807) is 11.1 Å². The van der Waals surface area contributed by atoms with Crippen LogP contribution in [0.15, 0.2) is 16.7 Å². The van der Waals surface area contributed by atoms with Crippen molar-refractivity contribution in [2.75, 3.05) is 13.2 Å². The van der Waals surface area contributed by atoms with Gasteiger partial charge in [0, 0.05) is 22.3 Å². The summed E-state index contributed by atoms with van der Waals surface area (Å²) in [5.74, 6) is 0.580. The number of carbonyl (C=O) groups is 1. The minimum Gasteiger partial charge on any atom is -0.476 e. The zero-order chi connectivity index (χ0) is 18.9. The molecule has 0 aromatic carbocycles. The highest BCUT2D eigenvalue weighted by Gasteiger charge is 2.24. The molecule has 24 heavy (non-hydrogen) atoms. The topological polar surface area (TPSA) is 51.7 Å². The zero-order valence-electron chi connectivity index (χ0n) is 16.1. The normalized spacial score (nSPS) is 10.8. The van der Waals surface area contributed by atoms with Gasteiger partial charge in [-0.25, -0.2) is 9.78 Å². The minimum absolute atomic E-state index is 0.0393. The predicted molar refractivity (Wildman–Crippen MR) is 102 cm³/mol. The highest BCUT2D eigenvalue weighted by atomic mass is 79.9. The Morgan fingerprint density at radius 3 is 2.38 bits per heavy atom. The first-order valence-corrected chi connectivity index (χ1v) is 9.14. The molecular weight excluding hydrogens is 372 g/mol. The quantitative estimate of drug-likeness (QED) is 0.678. The molecule has 0 saturated carbocycles. The highest BCUT2D eigenvalue weighted by molar-refractivity contribution is 9.10. The van der Waals surface area contributed by atoms with Crippen molar-refractivity contribution in [3.8, 4) is 5.88 Å². The fraction of sp³-hybridized carbons (Fsp3) is 0.667. The third-order valence-electron chi connectivity index (χ3n) is 2.82. The summed E-state index contributed by atoms with van der Waals surface area (Å²) >= 11 is 3.37. The van der Waals surface area contributed by atoms with Crippen molar-refractivity contribution < 1.29 is 14.3 Å². The summed E-state index contributed by atoms with van der Waals surface area (Å²) in [4.78, 5) is 18.1. The number of pyridine rings is 1. The molecule has 0 saturated heterocycles. The van der Waals surface area contributed by atoms with Crippen molar-refractivity contribution >= 4 is 22.0 Å². The van der Waals surface area contributed by atoms with Crippen LogP contribution in [0.2, 0.25) is 0 Å². The van der Waals surface area contributed by atoms with Gasteiger partial charge >= 0.3 is 6.09 Å². The van der Waals surface area contributed by atoms with Crippen LogP contribution in [0.1, 0.15) is 54.0 Å². The first-order valence-electron chi connectivity index (χ1n) is 8.34. The van der Waals surface area contributed by atoms with Crippen molar-refractivity contribution in [2.45, 2.75) is 67.0 Å². The number of carbonyl (C=O) groups excluding carboxylic acids is 1. The van der Waals surface area contributed by atoms with Gasteiger partial charge < -0.3 is 14.4 Å². The van der Waals surface area contributed by atoms with Crippen LogP contribution < -0.4 is 4.74 Å². The summed E-state index contributed by atoms with van der Waals surface area (Å²) < 4.78 is 12.0. The number of nitrogens with zero attached hydrogens (tertiary/aromatic N) is 2. The molecule has 0 bridgehead atoms. The number of aromatic nitrogens is 1. The van der Waals surface area contributed by atoms with Crippen molar-refractivity contribution in [3.05, 3.63) is 22.3 Å². The zero-order valence-corrected chi connectivity index (χ0v) is 17.7. The molecule has 1 rings (SSSR count). The van der Waals surface area contributed by atoms with Gasteiger partial charge in [0.1, 0.15) is 12.2 Å². The summed E-state index contributed by atoms with van der Waals surface area (Å²) in [5.41, 5.74) is 0.442. The molecule has 0 N–H and O–H groups in total. The summed E-state index contributed by atoms with van der Waals surface area (Å²) in [5, 5.41) is 0. The molecule has 138 valence electrons. The summed E-state index contributed by atoms with van der Waals surface area (Å²) in [6.07, 6.45) is 1.36. The number of hydrogen-bond acceptors (Lipinski definition) is 4. The molecule has 0 aliphatic rings. The van der Waals surface area contributed by atoms with E-state index < -0.39 is 5.60 Å². The van der Waals surface area contributed by atoms with E-state index in [2.05, 4.69) is 20.9 Å². The fourth-order valence-corrected chi connectivity index (χ4v) is 2.25. The molecule has 0 unspecified atom stereocenters. The molecule has 1 amide bonds. The van der Waals surface area contributed by atoms with Crippen molar-refractivity contribution in [2.24, 2.45) is 0 Å². The maximum absolute atomic E-state index is 12.2. The second-order valence-corrected chi connectivity index (χ2v) is 7.31. The van der Waals surface area contributed by atoms with Gasteiger partial charge in [0.2, 0.25) is 5.88 Å². The lowest BCUT2D eigenvalue weighted by Crippen LogP contribution is -2.43. The number of hydrogen-bond donors (Lipinski definition) is 0. The van der Waals surface area contributed by atoms with Gasteiger partial charge in [-0.2, -0.15) is 0 Å². The Kier molecular flexibility index (Phi) is 9.97. The van der Waals surface area contributed by atoms with Crippen LogP contribution in [-0.4, -0.2) is 40.8 Å². The average Bonchev–Trinajstić information content (AvgIpc) is 2.45. The molecule has 1 aromatic heterocycles. The summed E-state index contributed by atoms with van der Waals surface area (Å²) in [6.45, 7) is 16.2. The molecule has 1 heterocycles. The standard InChI is InChI=1S/C16H25BrN2O3.C2H6/c1-11(2)19(15(20)22-16(4,5)6)7-8-21-14-12(3)9-13(17)10-18-14;1-2/h9-11H,7-8H2,1-6H3;1-2H3. The molecule has 6 heteroatoms. The lowest BCUT2D eigenvalue weighted by molar-refractivity contribution is 0.0163. The fourth-order valence-electron chi connectivity index (χ4n) is 1.80. The first kappa shape index (κ1) is 22.7. The molecular formula is C18H31BrN2O3. The van der Waals surface area contributed by atoms with E-state index in [1.165, 1.54) is 0 Å². The number of aryl methyl sites for hydroxylation is 1. The van der Waals surface area contributed by atoms with E-state index in [0.717, 1.165) is 10.0 Å². The van der Waals surface area contributed by atoms with Crippen molar-refractivity contribution in [3.63, 3.8) is 0 Å². The van der Waals surface area contributed by atoms with Crippen LogP contribution in [0.4, 0.5) is 4.79 Å². The van der Waals surface area contributed by atoms with E-state index in [9.17, 15) is 4.79 Å². The third kappa shape index (κ3) is 8.52. The highest BCUT2D eigenvalue weighted by Crippen LogP contribution is 2.19. The number of ether oxygens (including phenoxy) is 2. The molecule has 0 radical (unpaired) electrons. The van der Waals surface area contributed by atoms with Gasteiger partial charge in [0.25, 0.3) is 0 Å². The van der Waals surface area contributed by atoms with Crippen LogP contribution in [0.25, 0.3) is 0 Å². The van der Waals surface area contributed by atoms with E-state index in [-0.39, 0.29) is 12.1 Å². The molecule has 5 nitrogen and oxygen atoms in total. The second kappa shape index (κ2) is 10.5. The molecule has 0 spiro atoms. The first-order chi connectivity index (χ1) is 11.1. The lowest BCUT2D eigenvalue weighted by Gasteiger charge is -2.30. The van der Waals surface area contributed by atoms with Crippen LogP contribution in [0.3, 0.4) is 0 Å². The minimum atomic E-state index is -0.505. The Labute approximate surface area is 154 Å². The van der Waals surface area contributed by atoms with Crippen LogP contribution in [0.5, 0.6) is 5.88 Å². The Bertz CT molecular complexity index is 513. The van der Waals surface area contributed by atoms with Gasteiger partial charge in [-0.05, 0) is 63.5 Å². The van der Waals surface area contributed by atoms with Gasteiger partial charge in [0.15, 0.2) is 0 Å². The lowest BCUT2D eigenvalue weighted by atomic mass is 10.2. The van der Waals surface area contributed by atoms with Gasteiger partial charge in [-0.3, -0.25) is 0 Å². The van der Waals surface area contributed by atoms with Crippen LogP contribution in [0, 0.1) is 6.92 Å². The Hall–Kier alpha value is -1.30. The Morgan fingerprint density at radius 1 is 1.33 bits per heavy atom. The maximum atomic E-state index is 12.2. The van der Waals surface area contributed by atoms with Crippen LogP contribution >= 0.6 is 15.9 Å². The Balaban J connectivity index is 0.00000254. The van der Waals surface area contributed by atoms with E-state index >= 15 is 0 Å². The van der Waals surface area contributed by atoms with Gasteiger partial charge in [-0.15, -0.1) is 0 Å². The monoisotopic (exact) mass is 402 g/mol. The molecule has 0 fully saturated rings. The molecule has 0 aliphatic carbocycles. The predicted octanol–water partition coefficient (Wildman–Crippen LogP) is 5.20. The van der Waals surface area contributed by atoms with Crippen LogP contribution in [-0.2, 0) is 4.74 Å². The van der Waals surface area contributed by atoms with Crippen molar-refractivity contribution in [1.82, 2.24) is 9.88 Å².